The Balaban J connectivity index is 1.71. The van der Waals surface area contributed by atoms with Gasteiger partial charge in [-0.1, -0.05) is 41.5 Å². The lowest BCUT2D eigenvalue weighted by molar-refractivity contribution is -0.376. The third-order valence-corrected chi connectivity index (χ3v) is 9.61. The zero-order valence-corrected chi connectivity index (χ0v) is 16.5. The molecule has 0 radical (unpaired) electrons. The molecule has 0 aromatic rings. The van der Waals surface area contributed by atoms with Gasteiger partial charge in [-0.2, -0.15) is 26.3 Å². The van der Waals surface area contributed by atoms with Gasteiger partial charge in [-0.25, -0.2) is 0 Å². The molecule has 4 aliphatic rings. The van der Waals surface area contributed by atoms with Crippen LogP contribution in [-0.4, -0.2) is 23.1 Å². The molecule has 0 amide bonds. The predicted octanol–water partition coefficient (Wildman–Crippen LogP) is 5.82. The molecule has 4 aliphatic carbocycles. The highest BCUT2D eigenvalue weighted by molar-refractivity contribution is 5.44. The van der Waals surface area contributed by atoms with E-state index in [4.69, 9.17) is 0 Å². The first-order valence-electron chi connectivity index (χ1n) is 9.67. The molecule has 7 heteroatoms. The van der Waals surface area contributed by atoms with Crippen LogP contribution in [0.4, 0.5) is 26.3 Å². The van der Waals surface area contributed by atoms with Gasteiger partial charge in [0.15, 0.2) is 0 Å². The fourth-order valence-electron chi connectivity index (χ4n) is 8.18. The molecule has 7 unspecified atom stereocenters. The molecular weight excluding hydrogens is 370 g/mol. The van der Waals surface area contributed by atoms with Crippen LogP contribution in [-0.2, 0) is 0 Å². The van der Waals surface area contributed by atoms with Crippen LogP contribution in [0.3, 0.4) is 0 Å². The quantitative estimate of drug-likeness (QED) is 0.581. The number of hydrogen-bond donors (Lipinski definition) is 1. The maximum Gasteiger partial charge on any atom is 0.426 e. The summed E-state index contributed by atoms with van der Waals surface area (Å²) in [6.07, 6.45) is -12.4. The number of hydrogen-bond acceptors (Lipinski definition) is 1. The second-order valence-corrected chi connectivity index (χ2v) is 11.3. The van der Waals surface area contributed by atoms with Gasteiger partial charge < -0.3 is 5.11 Å². The van der Waals surface area contributed by atoms with Crippen LogP contribution in [0.1, 0.15) is 54.4 Å². The van der Waals surface area contributed by atoms with Gasteiger partial charge in [0.2, 0.25) is 0 Å². The lowest BCUT2D eigenvalue weighted by atomic mass is 9.51. The van der Waals surface area contributed by atoms with E-state index in [0.717, 1.165) is 0 Å². The second kappa shape index (κ2) is 4.49. The largest absolute Gasteiger partial charge is 0.426 e. The van der Waals surface area contributed by atoms with Gasteiger partial charge in [0.05, 0.1) is 0 Å². The van der Waals surface area contributed by atoms with Gasteiger partial charge in [-0.3, -0.25) is 0 Å². The molecular formula is C20H28F6O. The standard InChI is InChI=1S/C20H28F6O/c1-14(2,3)16(6)13-12-11(15(12,4)5)10-7-9(18(10,13)16)8-17(27,19(21,22)23)20(24,25)26/h9-13,27H,7-8H2,1-6H3. The van der Waals surface area contributed by atoms with Crippen LogP contribution in [0, 0.1) is 51.2 Å². The monoisotopic (exact) mass is 398 g/mol. The first-order valence-corrected chi connectivity index (χ1v) is 9.67. The Hall–Kier alpha value is -0.460. The summed E-state index contributed by atoms with van der Waals surface area (Å²) in [7, 11) is 0. The molecule has 0 aromatic carbocycles. The fraction of sp³-hybridized carbons (Fsp3) is 1.00. The summed E-state index contributed by atoms with van der Waals surface area (Å²) in [5, 5.41) is 9.78. The fourth-order valence-corrected chi connectivity index (χ4v) is 8.18. The van der Waals surface area contributed by atoms with E-state index in [-0.39, 0.29) is 28.1 Å². The average Bonchev–Trinajstić information content (AvgIpc) is 3.14. The topological polar surface area (TPSA) is 20.2 Å². The molecule has 7 atom stereocenters. The van der Waals surface area contributed by atoms with E-state index in [2.05, 4.69) is 20.8 Å². The lowest BCUT2D eigenvalue weighted by Gasteiger charge is -2.54. The van der Waals surface area contributed by atoms with Crippen LogP contribution >= 0.6 is 0 Å². The van der Waals surface area contributed by atoms with Crippen molar-refractivity contribution >= 4 is 0 Å². The Morgan fingerprint density at radius 3 is 1.78 bits per heavy atom. The summed E-state index contributed by atoms with van der Waals surface area (Å²) in [5.41, 5.74) is -5.50. The second-order valence-electron chi connectivity index (χ2n) is 11.3. The van der Waals surface area contributed by atoms with Crippen molar-refractivity contribution in [1.82, 2.24) is 0 Å². The van der Waals surface area contributed by atoms with Gasteiger partial charge in [0.25, 0.3) is 5.60 Å². The van der Waals surface area contributed by atoms with Crippen molar-refractivity contribution in [3.05, 3.63) is 0 Å². The first kappa shape index (κ1) is 19.8. The minimum absolute atomic E-state index is 0.122. The first-order chi connectivity index (χ1) is 11.8. The number of fused-ring (bicyclic) bond motifs is 3. The number of halogens is 6. The van der Waals surface area contributed by atoms with E-state index in [1.165, 1.54) is 0 Å². The van der Waals surface area contributed by atoms with E-state index in [0.29, 0.717) is 18.3 Å². The Morgan fingerprint density at radius 1 is 0.889 bits per heavy atom. The molecule has 4 rings (SSSR count). The van der Waals surface area contributed by atoms with Crippen molar-refractivity contribution in [1.29, 1.82) is 0 Å². The Kier molecular flexibility index (Phi) is 3.30. The van der Waals surface area contributed by atoms with E-state index in [1.807, 2.05) is 20.8 Å². The predicted molar refractivity (Wildman–Crippen MR) is 87.5 cm³/mol. The van der Waals surface area contributed by atoms with E-state index in [1.54, 1.807) is 0 Å². The van der Waals surface area contributed by atoms with E-state index in [9.17, 15) is 31.4 Å². The number of aliphatic hydroxyl groups is 1. The molecule has 0 aliphatic heterocycles. The highest BCUT2D eigenvalue weighted by atomic mass is 19.4. The highest BCUT2D eigenvalue weighted by Gasteiger charge is 2.98. The van der Waals surface area contributed by atoms with Crippen LogP contribution < -0.4 is 0 Å². The van der Waals surface area contributed by atoms with Gasteiger partial charge in [0.1, 0.15) is 0 Å². The minimum atomic E-state index is -5.73. The number of rotatable bonds is 2. The summed E-state index contributed by atoms with van der Waals surface area (Å²) in [4.78, 5) is 0. The molecule has 1 N–H and O–H groups in total. The van der Waals surface area contributed by atoms with Gasteiger partial charge in [-0.05, 0) is 64.1 Å². The molecule has 4 fully saturated rings. The number of alkyl halides is 6. The molecule has 156 valence electrons. The lowest BCUT2D eigenvalue weighted by Crippen LogP contribution is -2.60. The average molecular weight is 398 g/mol. The SMILES string of the molecule is CC1(C)C2C1C1C3(C(CC(O)(C(F)(F)F)C(F)(F)F)CC23)C1(C)C(C)(C)C. The zero-order chi connectivity index (χ0) is 20.8. The van der Waals surface area contributed by atoms with Crippen LogP contribution in [0.5, 0.6) is 0 Å². The molecule has 0 saturated heterocycles. The summed E-state index contributed by atoms with van der Waals surface area (Å²) >= 11 is 0. The third-order valence-electron chi connectivity index (χ3n) is 9.61. The summed E-state index contributed by atoms with van der Waals surface area (Å²) in [5.74, 6) is 0.371. The third kappa shape index (κ3) is 1.81. The van der Waals surface area contributed by atoms with Gasteiger partial charge in [0, 0.05) is 0 Å². The van der Waals surface area contributed by atoms with Crippen molar-refractivity contribution in [2.75, 3.05) is 0 Å². The highest BCUT2D eigenvalue weighted by Crippen LogP contribution is 3.01. The van der Waals surface area contributed by atoms with Gasteiger partial charge in [-0.15, -0.1) is 0 Å². The summed E-state index contributed by atoms with van der Waals surface area (Å²) in [6, 6.07) is 0. The molecule has 0 bridgehead atoms. The summed E-state index contributed by atoms with van der Waals surface area (Å²) < 4.78 is 79.6. The van der Waals surface area contributed by atoms with E-state index < -0.39 is 35.7 Å². The van der Waals surface area contributed by atoms with Crippen molar-refractivity contribution in [2.24, 2.45) is 51.2 Å². The molecule has 0 aromatic heterocycles. The maximum atomic E-state index is 13.3. The molecule has 4 saturated carbocycles. The molecule has 1 spiro atoms. The maximum absolute atomic E-state index is 13.3. The smallest absolute Gasteiger partial charge is 0.374 e. The summed E-state index contributed by atoms with van der Waals surface area (Å²) in [6.45, 7) is 12.5. The van der Waals surface area contributed by atoms with Crippen LogP contribution in [0.2, 0.25) is 0 Å². The van der Waals surface area contributed by atoms with E-state index >= 15 is 0 Å². The van der Waals surface area contributed by atoms with Crippen molar-refractivity contribution in [3.63, 3.8) is 0 Å². The van der Waals surface area contributed by atoms with Crippen LogP contribution in [0.25, 0.3) is 0 Å². The van der Waals surface area contributed by atoms with Crippen molar-refractivity contribution in [3.8, 4) is 0 Å². The molecule has 0 heterocycles. The van der Waals surface area contributed by atoms with Crippen LogP contribution in [0.15, 0.2) is 0 Å². The normalized spacial score (nSPS) is 47.7. The van der Waals surface area contributed by atoms with Gasteiger partial charge >= 0.3 is 12.4 Å². The Labute approximate surface area is 155 Å². The Morgan fingerprint density at radius 2 is 1.37 bits per heavy atom. The Bertz CT molecular complexity index is 672. The van der Waals surface area contributed by atoms with Crippen molar-refractivity contribution in [2.45, 2.75) is 72.3 Å². The molecule has 1 nitrogen and oxygen atoms in total. The van der Waals surface area contributed by atoms with Crippen molar-refractivity contribution < 1.29 is 31.4 Å². The zero-order valence-electron chi connectivity index (χ0n) is 16.5. The minimum Gasteiger partial charge on any atom is -0.374 e. The molecule has 27 heavy (non-hydrogen) atoms.